The molecule has 0 unspecified atom stereocenters. The van der Waals surface area contributed by atoms with Gasteiger partial charge in [-0.2, -0.15) is 0 Å². The van der Waals surface area contributed by atoms with Crippen LogP contribution in [0.4, 0.5) is 4.39 Å². The molecule has 0 saturated carbocycles. The number of hydrogen-bond donors (Lipinski definition) is 3. The molecule has 0 aliphatic carbocycles. The Kier molecular flexibility index (Phi) is 7.12. The lowest BCUT2D eigenvalue weighted by Gasteiger charge is -2.36. The SMILES string of the molecule is CC(=O)O.Fc1ccc([C@H]2CNCCN2Cc2cncc(-c3ccc4[nH]ccc4c3)c2)cc1. The summed E-state index contributed by atoms with van der Waals surface area (Å²) in [5, 5.41) is 12.1. The molecule has 3 heterocycles. The average Bonchev–Trinajstić information content (AvgIpc) is 3.28. The monoisotopic (exact) mass is 446 g/mol. The smallest absolute Gasteiger partial charge is 0.300 e. The summed E-state index contributed by atoms with van der Waals surface area (Å²) in [7, 11) is 0. The number of H-pyrrole nitrogens is 1. The molecule has 3 N–H and O–H groups in total. The van der Waals surface area contributed by atoms with Crippen molar-refractivity contribution in [2.45, 2.75) is 19.5 Å². The van der Waals surface area contributed by atoms with E-state index in [0.29, 0.717) is 0 Å². The lowest BCUT2D eigenvalue weighted by molar-refractivity contribution is -0.134. The number of carboxylic acids is 1. The molecule has 4 aromatic rings. The molecule has 1 aliphatic heterocycles. The van der Waals surface area contributed by atoms with E-state index in [4.69, 9.17) is 9.90 Å². The number of benzene rings is 2. The molecule has 1 fully saturated rings. The Bertz CT molecular complexity index is 1220. The zero-order valence-corrected chi connectivity index (χ0v) is 18.5. The molecular formula is C26H27FN4O2. The van der Waals surface area contributed by atoms with Gasteiger partial charge in [-0.1, -0.05) is 18.2 Å². The van der Waals surface area contributed by atoms with E-state index in [-0.39, 0.29) is 11.9 Å². The predicted octanol–water partition coefficient (Wildman–Crippen LogP) is 4.61. The minimum Gasteiger partial charge on any atom is -0.481 e. The first-order chi connectivity index (χ1) is 16.0. The molecule has 5 rings (SSSR count). The lowest BCUT2D eigenvalue weighted by atomic mass is 10.0. The van der Waals surface area contributed by atoms with E-state index in [0.717, 1.165) is 49.7 Å². The highest BCUT2D eigenvalue weighted by Gasteiger charge is 2.24. The van der Waals surface area contributed by atoms with Gasteiger partial charge in [-0.25, -0.2) is 4.39 Å². The van der Waals surface area contributed by atoms with Gasteiger partial charge in [0.25, 0.3) is 5.97 Å². The second-order valence-corrected chi connectivity index (χ2v) is 8.12. The minimum absolute atomic E-state index is 0.194. The van der Waals surface area contributed by atoms with Crippen LogP contribution in [-0.4, -0.2) is 45.6 Å². The molecule has 7 heteroatoms. The number of aromatic amines is 1. The third-order valence-corrected chi connectivity index (χ3v) is 5.68. The second-order valence-electron chi connectivity index (χ2n) is 8.12. The summed E-state index contributed by atoms with van der Waals surface area (Å²) in [5.74, 6) is -1.03. The molecule has 0 spiro atoms. The molecule has 170 valence electrons. The summed E-state index contributed by atoms with van der Waals surface area (Å²) in [5.41, 5.74) is 5.76. The molecule has 2 aromatic carbocycles. The Morgan fingerprint density at radius 1 is 1.12 bits per heavy atom. The van der Waals surface area contributed by atoms with Crippen molar-refractivity contribution in [2.75, 3.05) is 19.6 Å². The first kappa shape index (κ1) is 22.6. The molecule has 0 radical (unpaired) electrons. The first-order valence-electron chi connectivity index (χ1n) is 10.9. The third kappa shape index (κ3) is 5.83. The number of carboxylic acid groups (broad SMARTS) is 1. The predicted molar refractivity (Wildman–Crippen MR) is 127 cm³/mol. The van der Waals surface area contributed by atoms with Crippen LogP contribution >= 0.6 is 0 Å². The quantitative estimate of drug-likeness (QED) is 0.427. The van der Waals surface area contributed by atoms with Crippen molar-refractivity contribution in [3.63, 3.8) is 0 Å². The molecule has 1 aliphatic rings. The summed E-state index contributed by atoms with van der Waals surface area (Å²) in [6, 6.07) is 17.8. The molecule has 2 aromatic heterocycles. The van der Waals surface area contributed by atoms with Crippen molar-refractivity contribution in [3.8, 4) is 11.1 Å². The van der Waals surface area contributed by atoms with E-state index in [2.05, 4.69) is 50.5 Å². The van der Waals surface area contributed by atoms with Crippen molar-refractivity contribution in [1.29, 1.82) is 0 Å². The number of rotatable bonds is 4. The number of aliphatic carboxylic acids is 1. The van der Waals surface area contributed by atoms with Crippen molar-refractivity contribution in [1.82, 2.24) is 20.2 Å². The highest BCUT2D eigenvalue weighted by Crippen LogP contribution is 2.27. The molecule has 0 amide bonds. The molecule has 1 atom stereocenters. The Morgan fingerprint density at radius 3 is 2.70 bits per heavy atom. The summed E-state index contributed by atoms with van der Waals surface area (Å²) in [4.78, 5) is 19.2. The third-order valence-electron chi connectivity index (χ3n) is 5.68. The van der Waals surface area contributed by atoms with Crippen molar-refractivity contribution < 1.29 is 14.3 Å². The van der Waals surface area contributed by atoms with Crippen molar-refractivity contribution in [3.05, 3.63) is 90.1 Å². The van der Waals surface area contributed by atoms with Gasteiger partial charge in [-0.05, 0) is 58.5 Å². The molecular weight excluding hydrogens is 419 g/mol. The van der Waals surface area contributed by atoms with Gasteiger partial charge in [-0.15, -0.1) is 0 Å². The van der Waals surface area contributed by atoms with Crippen LogP contribution in [0.3, 0.4) is 0 Å². The summed E-state index contributed by atoms with van der Waals surface area (Å²) < 4.78 is 13.3. The maximum atomic E-state index is 13.3. The normalized spacial score (nSPS) is 16.2. The second kappa shape index (κ2) is 10.4. The maximum Gasteiger partial charge on any atom is 0.300 e. The fourth-order valence-electron chi connectivity index (χ4n) is 4.15. The Hall–Kier alpha value is -3.55. The lowest BCUT2D eigenvalue weighted by Crippen LogP contribution is -2.45. The van der Waals surface area contributed by atoms with E-state index < -0.39 is 5.97 Å². The number of pyridine rings is 1. The molecule has 1 saturated heterocycles. The standard InChI is InChI=1S/C24H23FN4.C2H4O2/c25-22-4-1-18(2-5-22)24-15-26-9-10-29(24)16-17-11-21(14-27-13-17)19-3-6-23-20(12-19)7-8-28-23;1-2(3)4/h1-8,11-14,24,26,28H,9-10,15-16H2;1H3,(H,3,4)/t24-;/m1./s1. The van der Waals surface area contributed by atoms with Crippen LogP contribution in [0.15, 0.2) is 73.2 Å². The van der Waals surface area contributed by atoms with E-state index in [1.54, 1.807) is 12.1 Å². The summed E-state index contributed by atoms with van der Waals surface area (Å²) in [6.45, 7) is 4.66. The summed E-state index contributed by atoms with van der Waals surface area (Å²) in [6.07, 6.45) is 5.83. The van der Waals surface area contributed by atoms with Crippen LogP contribution in [0.1, 0.15) is 24.1 Å². The first-order valence-corrected chi connectivity index (χ1v) is 10.9. The fraction of sp³-hybridized carbons (Fsp3) is 0.231. The van der Waals surface area contributed by atoms with E-state index >= 15 is 0 Å². The van der Waals surface area contributed by atoms with Crippen LogP contribution in [0, 0.1) is 5.82 Å². The van der Waals surface area contributed by atoms with Crippen LogP contribution in [-0.2, 0) is 11.3 Å². The molecule has 6 nitrogen and oxygen atoms in total. The van der Waals surface area contributed by atoms with Crippen molar-refractivity contribution in [2.24, 2.45) is 0 Å². The van der Waals surface area contributed by atoms with Gasteiger partial charge in [0, 0.05) is 68.8 Å². The van der Waals surface area contributed by atoms with Gasteiger partial charge in [0.05, 0.1) is 0 Å². The Labute approximate surface area is 192 Å². The van der Waals surface area contributed by atoms with E-state index in [1.165, 1.54) is 16.5 Å². The number of fused-ring (bicyclic) bond motifs is 1. The average molecular weight is 447 g/mol. The maximum absolute atomic E-state index is 13.3. The Balaban J connectivity index is 0.000000601. The van der Waals surface area contributed by atoms with Crippen molar-refractivity contribution >= 4 is 16.9 Å². The van der Waals surface area contributed by atoms with Gasteiger partial charge in [0.15, 0.2) is 0 Å². The zero-order valence-electron chi connectivity index (χ0n) is 18.5. The number of halogens is 1. The minimum atomic E-state index is -0.833. The Morgan fingerprint density at radius 2 is 1.91 bits per heavy atom. The van der Waals surface area contributed by atoms with Crippen LogP contribution in [0.25, 0.3) is 22.0 Å². The highest BCUT2D eigenvalue weighted by atomic mass is 19.1. The number of aromatic nitrogens is 2. The van der Waals surface area contributed by atoms with Gasteiger partial charge < -0.3 is 15.4 Å². The highest BCUT2D eigenvalue weighted by molar-refractivity contribution is 5.84. The number of nitrogens with one attached hydrogen (secondary N) is 2. The number of nitrogens with zero attached hydrogens (tertiary/aromatic N) is 2. The molecule has 33 heavy (non-hydrogen) atoms. The largest absolute Gasteiger partial charge is 0.481 e. The number of hydrogen-bond acceptors (Lipinski definition) is 4. The topological polar surface area (TPSA) is 81.2 Å². The summed E-state index contributed by atoms with van der Waals surface area (Å²) >= 11 is 0. The van der Waals surface area contributed by atoms with Gasteiger partial charge in [0.1, 0.15) is 5.82 Å². The van der Waals surface area contributed by atoms with Crippen LogP contribution in [0.5, 0.6) is 0 Å². The zero-order chi connectivity index (χ0) is 23.2. The van der Waals surface area contributed by atoms with E-state index in [1.807, 2.05) is 30.7 Å². The van der Waals surface area contributed by atoms with Crippen LogP contribution in [0.2, 0.25) is 0 Å². The number of piperazine rings is 1. The van der Waals surface area contributed by atoms with Crippen LogP contribution < -0.4 is 5.32 Å². The van der Waals surface area contributed by atoms with Gasteiger partial charge in [-0.3, -0.25) is 14.7 Å². The fourth-order valence-corrected chi connectivity index (χ4v) is 4.15. The van der Waals surface area contributed by atoms with Gasteiger partial charge in [0.2, 0.25) is 0 Å². The van der Waals surface area contributed by atoms with Gasteiger partial charge >= 0.3 is 0 Å². The van der Waals surface area contributed by atoms with E-state index in [9.17, 15) is 4.39 Å². The number of carbonyl (C=O) groups is 1. The molecule has 0 bridgehead atoms.